The minimum Gasteiger partial charge on any atom is -0.480 e. The Bertz CT molecular complexity index is 844. The van der Waals surface area contributed by atoms with Gasteiger partial charge in [0.1, 0.15) is 17.5 Å². The number of carboxylic acids is 1. The van der Waals surface area contributed by atoms with E-state index in [-0.39, 0.29) is 10.8 Å². The van der Waals surface area contributed by atoms with Crippen LogP contribution in [0.4, 0.5) is 0 Å². The predicted octanol–water partition coefficient (Wildman–Crippen LogP) is 3.17. The Morgan fingerprint density at radius 1 is 1.08 bits per heavy atom. The van der Waals surface area contributed by atoms with E-state index in [1.165, 1.54) is 24.3 Å². The minimum absolute atomic E-state index is 0.0171. The van der Waals surface area contributed by atoms with E-state index in [9.17, 15) is 13.2 Å². The summed E-state index contributed by atoms with van der Waals surface area (Å²) in [5.41, 5.74) is 0.960. The van der Waals surface area contributed by atoms with Gasteiger partial charge in [0, 0.05) is 0 Å². The molecule has 0 aliphatic carbocycles. The number of carboxylic acid groups (broad SMARTS) is 1. The third-order valence-electron chi connectivity index (χ3n) is 3.67. The smallest absolute Gasteiger partial charge is 0.322 e. The van der Waals surface area contributed by atoms with Crippen molar-refractivity contribution < 1.29 is 23.1 Å². The van der Waals surface area contributed by atoms with Crippen LogP contribution in [0, 0.1) is 12.8 Å². The Hall–Kier alpha value is -2.38. The average molecular weight is 363 g/mol. The van der Waals surface area contributed by atoms with Crippen LogP contribution >= 0.6 is 0 Å². The van der Waals surface area contributed by atoms with E-state index in [0.717, 1.165) is 5.56 Å². The Balaban J connectivity index is 2.18. The van der Waals surface area contributed by atoms with Crippen molar-refractivity contribution in [3.8, 4) is 11.5 Å². The van der Waals surface area contributed by atoms with Crippen LogP contribution < -0.4 is 9.46 Å². The van der Waals surface area contributed by atoms with Crippen LogP contribution in [0.25, 0.3) is 0 Å². The van der Waals surface area contributed by atoms with Gasteiger partial charge >= 0.3 is 5.97 Å². The predicted molar refractivity (Wildman–Crippen MR) is 94.3 cm³/mol. The zero-order valence-electron chi connectivity index (χ0n) is 14.3. The fraction of sp³-hybridized carbons (Fsp3) is 0.278. The van der Waals surface area contributed by atoms with Crippen molar-refractivity contribution in [1.82, 2.24) is 4.72 Å². The summed E-state index contributed by atoms with van der Waals surface area (Å²) in [5, 5.41) is 9.14. The molecule has 0 aliphatic rings. The largest absolute Gasteiger partial charge is 0.480 e. The van der Waals surface area contributed by atoms with Gasteiger partial charge in [-0.15, -0.1) is 0 Å². The number of sulfonamides is 1. The summed E-state index contributed by atoms with van der Waals surface area (Å²) in [5.74, 6) is -0.414. The number of nitrogens with one attached hydrogen (secondary N) is 1. The Labute approximate surface area is 147 Å². The molecule has 0 aromatic heterocycles. The normalized spacial score (nSPS) is 12.8. The molecule has 0 amide bonds. The molecule has 0 unspecified atom stereocenters. The third kappa shape index (κ3) is 4.80. The number of para-hydroxylation sites is 1. The van der Waals surface area contributed by atoms with Crippen molar-refractivity contribution in [2.45, 2.75) is 31.7 Å². The number of aliphatic carboxylic acids is 1. The van der Waals surface area contributed by atoms with Crippen molar-refractivity contribution in [2.75, 3.05) is 0 Å². The molecule has 2 N–H and O–H groups in total. The van der Waals surface area contributed by atoms with Crippen molar-refractivity contribution >= 4 is 16.0 Å². The summed E-state index contributed by atoms with van der Waals surface area (Å²) >= 11 is 0. The first kappa shape index (κ1) is 19.0. The zero-order chi connectivity index (χ0) is 18.6. The monoisotopic (exact) mass is 363 g/mol. The molecule has 6 nitrogen and oxygen atoms in total. The Morgan fingerprint density at radius 3 is 2.20 bits per heavy atom. The van der Waals surface area contributed by atoms with Crippen LogP contribution in [-0.2, 0) is 14.8 Å². The van der Waals surface area contributed by atoms with E-state index in [2.05, 4.69) is 4.72 Å². The SMILES string of the molecule is Cc1ccccc1Oc1ccc(S(=O)(=O)N[C@H](C(=O)O)C(C)C)cc1. The van der Waals surface area contributed by atoms with Gasteiger partial charge in [-0.2, -0.15) is 4.72 Å². The van der Waals surface area contributed by atoms with Crippen molar-refractivity contribution in [3.05, 3.63) is 54.1 Å². The van der Waals surface area contributed by atoms with Gasteiger partial charge < -0.3 is 9.84 Å². The minimum atomic E-state index is -3.93. The van der Waals surface area contributed by atoms with Gasteiger partial charge in [-0.1, -0.05) is 32.0 Å². The summed E-state index contributed by atoms with van der Waals surface area (Å²) < 4.78 is 32.7. The molecule has 0 aliphatic heterocycles. The molecule has 0 spiro atoms. The van der Waals surface area contributed by atoms with Crippen LogP contribution in [0.15, 0.2) is 53.4 Å². The lowest BCUT2D eigenvalue weighted by atomic mass is 10.1. The van der Waals surface area contributed by atoms with Gasteiger partial charge in [0.15, 0.2) is 0 Å². The average Bonchev–Trinajstić information content (AvgIpc) is 2.55. The Kier molecular flexibility index (Phi) is 5.81. The maximum Gasteiger partial charge on any atom is 0.322 e. The number of benzene rings is 2. The second-order valence-electron chi connectivity index (χ2n) is 6.02. The van der Waals surface area contributed by atoms with Gasteiger partial charge in [-0.3, -0.25) is 4.79 Å². The van der Waals surface area contributed by atoms with Crippen molar-refractivity contribution in [3.63, 3.8) is 0 Å². The van der Waals surface area contributed by atoms with Gasteiger partial charge in [0.05, 0.1) is 4.90 Å². The summed E-state index contributed by atoms with van der Waals surface area (Å²) in [6.45, 7) is 5.19. The highest BCUT2D eigenvalue weighted by Crippen LogP contribution is 2.25. The second kappa shape index (κ2) is 7.67. The number of hydrogen-bond donors (Lipinski definition) is 2. The highest BCUT2D eigenvalue weighted by molar-refractivity contribution is 7.89. The molecule has 2 aromatic rings. The summed E-state index contributed by atoms with van der Waals surface area (Å²) in [4.78, 5) is 11.2. The van der Waals surface area contributed by atoms with E-state index in [1.807, 2.05) is 31.2 Å². The molecule has 25 heavy (non-hydrogen) atoms. The first-order chi connectivity index (χ1) is 11.7. The first-order valence-corrected chi connectivity index (χ1v) is 9.27. The van der Waals surface area contributed by atoms with E-state index < -0.39 is 22.0 Å². The van der Waals surface area contributed by atoms with Crippen LogP contribution in [0.1, 0.15) is 19.4 Å². The fourth-order valence-electron chi connectivity index (χ4n) is 2.19. The topological polar surface area (TPSA) is 92.7 Å². The number of aryl methyl sites for hydroxylation is 1. The molecule has 0 bridgehead atoms. The van der Waals surface area contributed by atoms with Crippen LogP contribution in [0.2, 0.25) is 0 Å². The number of carbonyl (C=O) groups is 1. The third-order valence-corrected chi connectivity index (χ3v) is 5.13. The summed E-state index contributed by atoms with van der Waals surface area (Å²) in [6, 6.07) is 12.1. The van der Waals surface area contributed by atoms with Gasteiger partial charge in [0.2, 0.25) is 10.0 Å². The van der Waals surface area contributed by atoms with Crippen LogP contribution in [-0.4, -0.2) is 25.5 Å². The number of hydrogen-bond acceptors (Lipinski definition) is 4. The maximum absolute atomic E-state index is 12.4. The number of rotatable bonds is 7. The lowest BCUT2D eigenvalue weighted by Crippen LogP contribution is -2.44. The molecule has 0 fully saturated rings. The molecular formula is C18H21NO5S. The Morgan fingerprint density at radius 2 is 1.68 bits per heavy atom. The van der Waals surface area contributed by atoms with Gasteiger partial charge in [-0.05, 0) is 48.7 Å². The molecule has 7 heteroatoms. The molecule has 0 saturated carbocycles. The first-order valence-electron chi connectivity index (χ1n) is 7.79. The highest BCUT2D eigenvalue weighted by atomic mass is 32.2. The van der Waals surface area contributed by atoms with E-state index in [0.29, 0.717) is 11.5 Å². The fourth-order valence-corrected chi connectivity index (χ4v) is 3.53. The molecule has 2 aromatic carbocycles. The molecule has 0 saturated heterocycles. The van der Waals surface area contributed by atoms with Gasteiger partial charge in [0.25, 0.3) is 0 Å². The molecule has 1 atom stereocenters. The van der Waals surface area contributed by atoms with Crippen molar-refractivity contribution in [2.24, 2.45) is 5.92 Å². The quantitative estimate of drug-likeness (QED) is 0.788. The van der Waals surface area contributed by atoms with E-state index in [1.54, 1.807) is 13.8 Å². The maximum atomic E-state index is 12.4. The number of ether oxygens (including phenoxy) is 1. The molecular weight excluding hydrogens is 342 g/mol. The summed E-state index contributed by atoms with van der Waals surface area (Å²) in [6.07, 6.45) is 0. The highest BCUT2D eigenvalue weighted by Gasteiger charge is 2.27. The van der Waals surface area contributed by atoms with Gasteiger partial charge in [-0.25, -0.2) is 8.42 Å². The van der Waals surface area contributed by atoms with Crippen LogP contribution in [0.3, 0.4) is 0 Å². The molecule has 134 valence electrons. The molecule has 0 heterocycles. The van der Waals surface area contributed by atoms with Crippen molar-refractivity contribution in [1.29, 1.82) is 0 Å². The lowest BCUT2D eigenvalue weighted by Gasteiger charge is -2.18. The van der Waals surface area contributed by atoms with E-state index >= 15 is 0 Å². The zero-order valence-corrected chi connectivity index (χ0v) is 15.1. The lowest BCUT2D eigenvalue weighted by molar-refractivity contribution is -0.140. The second-order valence-corrected chi connectivity index (χ2v) is 7.73. The van der Waals surface area contributed by atoms with E-state index in [4.69, 9.17) is 9.84 Å². The molecule has 0 radical (unpaired) electrons. The standard InChI is InChI=1S/C18H21NO5S/c1-12(2)17(18(20)21)19-25(22,23)15-10-8-14(9-11-15)24-16-7-5-4-6-13(16)3/h4-12,17,19H,1-3H3,(H,20,21)/t17-/m0/s1. The van der Waals surface area contributed by atoms with Crippen LogP contribution in [0.5, 0.6) is 11.5 Å². The molecule has 2 rings (SSSR count). The summed E-state index contributed by atoms with van der Waals surface area (Å²) in [7, 11) is -3.93.